The minimum atomic E-state index is -0.690. The van der Waals surface area contributed by atoms with Crippen LogP contribution in [0.3, 0.4) is 0 Å². The molecule has 21 heavy (non-hydrogen) atoms. The number of halogens is 3. The Morgan fingerprint density at radius 3 is 2.33 bits per heavy atom. The lowest BCUT2D eigenvalue weighted by Gasteiger charge is -2.15. The van der Waals surface area contributed by atoms with Crippen LogP contribution in [0.25, 0.3) is 0 Å². The summed E-state index contributed by atoms with van der Waals surface area (Å²) in [5.41, 5.74) is 6.53. The molecule has 0 radical (unpaired) electrons. The first-order chi connectivity index (χ1) is 9.86. The summed E-state index contributed by atoms with van der Waals surface area (Å²) >= 11 is 3.04. The number of anilines is 3. The lowest BCUT2D eigenvalue weighted by atomic mass is 10.2. The maximum Gasteiger partial charge on any atom is 0.150 e. The smallest absolute Gasteiger partial charge is 0.150 e. The van der Waals surface area contributed by atoms with Crippen LogP contribution in [-0.4, -0.2) is 6.10 Å². The number of nitrogen functional groups attached to an aromatic ring is 1. The summed E-state index contributed by atoms with van der Waals surface area (Å²) in [5.74, 6) is -0.914. The van der Waals surface area contributed by atoms with Crippen LogP contribution >= 0.6 is 15.9 Å². The van der Waals surface area contributed by atoms with Gasteiger partial charge in [0.1, 0.15) is 11.4 Å². The molecule has 0 aromatic heterocycles. The second kappa shape index (κ2) is 6.30. The van der Waals surface area contributed by atoms with E-state index in [1.54, 1.807) is 18.2 Å². The molecule has 3 N–H and O–H groups in total. The summed E-state index contributed by atoms with van der Waals surface area (Å²) in [4.78, 5) is 0. The Morgan fingerprint density at radius 1 is 1.14 bits per heavy atom. The number of hydrogen-bond acceptors (Lipinski definition) is 3. The van der Waals surface area contributed by atoms with Crippen molar-refractivity contribution in [1.29, 1.82) is 0 Å². The maximum absolute atomic E-state index is 13.8. The predicted molar refractivity (Wildman–Crippen MR) is 84.0 cm³/mol. The number of benzene rings is 2. The van der Waals surface area contributed by atoms with E-state index >= 15 is 0 Å². The van der Waals surface area contributed by atoms with E-state index in [0.29, 0.717) is 21.6 Å². The third-order valence-corrected chi connectivity index (χ3v) is 3.11. The summed E-state index contributed by atoms with van der Waals surface area (Å²) in [6, 6.07) is 7.23. The van der Waals surface area contributed by atoms with Crippen LogP contribution in [0.2, 0.25) is 0 Å². The van der Waals surface area contributed by atoms with E-state index in [1.807, 2.05) is 13.8 Å². The van der Waals surface area contributed by atoms with Crippen molar-refractivity contribution in [3.63, 3.8) is 0 Å². The molecule has 6 heteroatoms. The van der Waals surface area contributed by atoms with Crippen molar-refractivity contribution >= 4 is 33.0 Å². The maximum atomic E-state index is 13.8. The zero-order chi connectivity index (χ0) is 15.6. The monoisotopic (exact) mass is 356 g/mol. The largest absolute Gasteiger partial charge is 0.489 e. The van der Waals surface area contributed by atoms with Crippen molar-refractivity contribution < 1.29 is 13.5 Å². The molecule has 2 rings (SSSR count). The first-order valence-electron chi connectivity index (χ1n) is 6.34. The summed E-state index contributed by atoms with van der Waals surface area (Å²) in [7, 11) is 0. The van der Waals surface area contributed by atoms with E-state index in [2.05, 4.69) is 21.2 Å². The van der Waals surface area contributed by atoms with Gasteiger partial charge >= 0.3 is 0 Å². The number of rotatable bonds is 4. The SMILES string of the molecule is CC(C)Oc1cc(Nc2c(F)cc(Br)cc2F)ccc1N. The highest BCUT2D eigenvalue weighted by Crippen LogP contribution is 2.31. The van der Waals surface area contributed by atoms with Gasteiger partial charge in [-0.05, 0) is 38.1 Å². The molecule has 0 aliphatic heterocycles. The van der Waals surface area contributed by atoms with Crippen LogP contribution < -0.4 is 15.8 Å². The molecule has 0 bridgehead atoms. The Labute approximate surface area is 130 Å². The van der Waals surface area contributed by atoms with Crippen molar-refractivity contribution in [2.45, 2.75) is 20.0 Å². The van der Waals surface area contributed by atoms with Crippen LogP contribution in [0, 0.1) is 11.6 Å². The van der Waals surface area contributed by atoms with E-state index in [4.69, 9.17) is 10.5 Å². The highest BCUT2D eigenvalue weighted by atomic mass is 79.9. The normalized spacial score (nSPS) is 10.8. The zero-order valence-electron chi connectivity index (χ0n) is 11.6. The van der Waals surface area contributed by atoms with Crippen molar-refractivity contribution in [1.82, 2.24) is 0 Å². The van der Waals surface area contributed by atoms with Gasteiger partial charge in [-0.2, -0.15) is 0 Å². The van der Waals surface area contributed by atoms with Crippen molar-refractivity contribution in [2.75, 3.05) is 11.1 Å². The molecule has 0 saturated carbocycles. The molecule has 0 aliphatic rings. The Hall–Kier alpha value is -1.82. The second-order valence-electron chi connectivity index (χ2n) is 4.79. The number of hydrogen-bond donors (Lipinski definition) is 2. The molecule has 0 amide bonds. The first kappa shape index (κ1) is 15.6. The first-order valence-corrected chi connectivity index (χ1v) is 7.14. The molecular weight excluding hydrogens is 342 g/mol. The molecule has 0 saturated heterocycles. The van der Waals surface area contributed by atoms with Crippen LogP contribution in [0.1, 0.15) is 13.8 Å². The van der Waals surface area contributed by atoms with Crippen molar-refractivity contribution in [2.24, 2.45) is 0 Å². The van der Waals surface area contributed by atoms with E-state index in [9.17, 15) is 8.78 Å². The molecule has 0 fully saturated rings. The third-order valence-electron chi connectivity index (χ3n) is 2.65. The number of nitrogens with two attached hydrogens (primary N) is 1. The molecule has 0 aliphatic carbocycles. The fourth-order valence-electron chi connectivity index (χ4n) is 1.77. The number of nitrogens with one attached hydrogen (secondary N) is 1. The van der Waals surface area contributed by atoms with Crippen LogP contribution in [0.4, 0.5) is 25.8 Å². The van der Waals surface area contributed by atoms with E-state index in [0.717, 1.165) is 0 Å². The fraction of sp³-hybridized carbons (Fsp3) is 0.200. The number of ether oxygens (including phenoxy) is 1. The minimum absolute atomic E-state index is 0.0521. The molecule has 2 aromatic rings. The van der Waals surface area contributed by atoms with Crippen LogP contribution in [0.15, 0.2) is 34.8 Å². The molecular formula is C15H15BrF2N2O. The van der Waals surface area contributed by atoms with Gasteiger partial charge in [-0.3, -0.25) is 0 Å². The fourth-order valence-corrected chi connectivity index (χ4v) is 2.18. The van der Waals surface area contributed by atoms with Crippen molar-refractivity contribution in [3.05, 3.63) is 46.4 Å². The lowest BCUT2D eigenvalue weighted by molar-refractivity contribution is 0.244. The molecule has 2 aromatic carbocycles. The minimum Gasteiger partial charge on any atom is -0.489 e. The highest BCUT2D eigenvalue weighted by Gasteiger charge is 2.12. The molecule has 0 heterocycles. The quantitative estimate of drug-likeness (QED) is 0.770. The third kappa shape index (κ3) is 3.85. The lowest BCUT2D eigenvalue weighted by Crippen LogP contribution is -2.08. The topological polar surface area (TPSA) is 47.3 Å². The average Bonchev–Trinajstić information content (AvgIpc) is 2.37. The van der Waals surface area contributed by atoms with E-state index in [-0.39, 0.29) is 11.8 Å². The molecule has 0 spiro atoms. The average molecular weight is 357 g/mol. The summed E-state index contributed by atoms with van der Waals surface area (Å²) in [6.45, 7) is 3.74. The van der Waals surface area contributed by atoms with Gasteiger partial charge in [0, 0.05) is 16.2 Å². The second-order valence-corrected chi connectivity index (χ2v) is 5.70. The van der Waals surface area contributed by atoms with Gasteiger partial charge in [-0.15, -0.1) is 0 Å². The Kier molecular flexibility index (Phi) is 4.67. The van der Waals surface area contributed by atoms with Gasteiger partial charge in [0.15, 0.2) is 11.6 Å². The van der Waals surface area contributed by atoms with Gasteiger partial charge in [0.2, 0.25) is 0 Å². The predicted octanol–water partition coefficient (Wildman–Crippen LogP) is 4.84. The van der Waals surface area contributed by atoms with Gasteiger partial charge < -0.3 is 15.8 Å². The van der Waals surface area contributed by atoms with Gasteiger partial charge in [-0.25, -0.2) is 8.78 Å². The van der Waals surface area contributed by atoms with Gasteiger partial charge in [-0.1, -0.05) is 15.9 Å². The standard InChI is InChI=1S/C15H15BrF2N2O/c1-8(2)21-14-7-10(3-4-13(14)19)20-15-11(17)5-9(16)6-12(15)18/h3-8,20H,19H2,1-2H3. The molecule has 0 atom stereocenters. The Balaban J connectivity index is 2.32. The van der Waals surface area contributed by atoms with Crippen LogP contribution in [-0.2, 0) is 0 Å². The van der Waals surface area contributed by atoms with Gasteiger partial charge in [0.05, 0.1) is 11.8 Å². The Bertz CT molecular complexity index is 639. The molecule has 0 unspecified atom stereocenters. The molecule has 3 nitrogen and oxygen atoms in total. The highest BCUT2D eigenvalue weighted by molar-refractivity contribution is 9.10. The van der Waals surface area contributed by atoms with Gasteiger partial charge in [0.25, 0.3) is 0 Å². The van der Waals surface area contributed by atoms with E-state index in [1.165, 1.54) is 12.1 Å². The summed E-state index contributed by atoms with van der Waals surface area (Å²) in [6.07, 6.45) is -0.0521. The van der Waals surface area contributed by atoms with Crippen molar-refractivity contribution in [3.8, 4) is 5.75 Å². The molecule has 112 valence electrons. The van der Waals surface area contributed by atoms with E-state index < -0.39 is 11.6 Å². The zero-order valence-corrected chi connectivity index (χ0v) is 13.2. The van der Waals surface area contributed by atoms with Crippen LogP contribution in [0.5, 0.6) is 5.75 Å². The Morgan fingerprint density at radius 2 is 1.76 bits per heavy atom. The summed E-state index contributed by atoms with van der Waals surface area (Å²) in [5, 5.41) is 2.70. The summed E-state index contributed by atoms with van der Waals surface area (Å²) < 4.78 is 33.5.